The first kappa shape index (κ1) is 12.9. The summed E-state index contributed by atoms with van der Waals surface area (Å²) in [7, 11) is 0. The van der Waals surface area contributed by atoms with E-state index in [-0.39, 0.29) is 0 Å². The highest BCUT2D eigenvalue weighted by Gasteiger charge is 2.41. The summed E-state index contributed by atoms with van der Waals surface area (Å²) in [6.07, 6.45) is 11.1. The number of nitrogens with one attached hydrogen (secondary N) is 1. The van der Waals surface area contributed by atoms with Crippen LogP contribution >= 0.6 is 0 Å². The molecule has 2 saturated carbocycles. The van der Waals surface area contributed by atoms with E-state index in [2.05, 4.69) is 5.32 Å². The van der Waals surface area contributed by atoms with Crippen LogP contribution in [0.4, 0.5) is 0 Å². The zero-order chi connectivity index (χ0) is 12.4. The van der Waals surface area contributed by atoms with Crippen LogP contribution in [0.5, 0.6) is 0 Å². The van der Waals surface area contributed by atoms with E-state index in [4.69, 9.17) is 4.74 Å². The molecule has 2 unspecified atom stereocenters. The van der Waals surface area contributed by atoms with Crippen LogP contribution < -0.4 is 5.32 Å². The summed E-state index contributed by atoms with van der Waals surface area (Å²) in [6.45, 7) is 1.67. The van der Waals surface area contributed by atoms with Gasteiger partial charge >= 0.3 is 0 Å². The van der Waals surface area contributed by atoms with E-state index in [0.717, 1.165) is 38.3 Å². The van der Waals surface area contributed by atoms with Gasteiger partial charge in [-0.3, -0.25) is 0 Å². The second-order valence-corrected chi connectivity index (χ2v) is 6.59. The maximum absolute atomic E-state index is 10.6. The minimum atomic E-state index is -0.451. The largest absolute Gasteiger partial charge is 0.389 e. The summed E-state index contributed by atoms with van der Waals surface area (Å²) in [6, 6.07) is 0.491. The van der Waals surface area contributed by atoms with Crippen LogP contribution in [0.1, 0.15) is 57.8 Å². The van der Waals surface area contributed by atoms with Gasteiger partial charge < -0.3 is 15.2 Å². The molecule has 3 nitrogen and oxygen atoms in total. The van der Waals surface area contributed by atoms with E-state index in [0.29, 0.717) is 12.1 Å². The molecule has 0 radical (unpaired) electrons. The number of rotatable bonds is 4. The predicted octanol–water partition coefficient (Wildman–Crippen LogP) is 2.23. The van der Waals surface area contributed by atoms with Crippen LogP contribution in [-0.4, -0.2) is 36.0 Å². The molecule has 1 saturated heterocycles. The maximum atomic E-state index is 10.6. The van der Waals surface area contributed by atoms with Gasteiger partial charge in [-0.2, -0.15) is 0 Å². The van der Waals surface area contributed by atoms with Crippen molar-refractivity contribution in [2.45, 2.75) is 75.5 Å². The third-order valence-corrected chi connectivity index (χ3v) is 4.95. The van der Waals surface area contributed by atoms with E-state index < -0.39 is 5.60 Å². The van der Waals surface area contributed by atoms with Crippen molar-refractivity contribution in [2.75, 3.05) is 13.2 Å². The molecular formula is C15H27NO2. The second kappa shape index (κ2) is 5.48. The molecule has 0 aromatic carbocycles. The highest BCUT2D eigenvalue weighted by Crippen LogP contribution is 2.39. The van der Waals surface area contributed by atoms with E-state index in [1.807, 2.05) is 0 Å². The van der Waals surface area contributed by atoms with Crippen molar-refractivity contribution in [1.82, 2.24) is 5.32 Å². The van der Waals surface area contributed by atoms with E-state index in [1.165, 1.54) is 38.5 Å². The number of aliphatic hydroxyl groups is 1. The van der Waals surface area contributed by atoms with Crippen molar-refractivity contribution < 1.29 is 9.84 Å². The van der Waals surface area contributed by atoms with Crippen molar-refractivity contribution in [2.24, 2.45) is 5.92 Å². The quantitative estimate of drug-likeness (QED) is 0.755. The lowest BCUT2D eigenvalue weighted by molar-refractivity contribution is 0.0170. The third kappa shape index (κ3) is 3.06. The summed E-state index contributed by atoms with van der Waals surface area (Å²) in [5, 5.41) is 14.3. The van der Waals surface area contributed by atoms with Crippen molar-refractivity contribution in [3.63, 3.8) is 0 Å². The van der Waals surface area contributed by atoms with Crippen molar-refractivity contribution in [1.29, 1.82) is 0 Å². The molecule has 104 valence electrons. The third-order valence-electron chi connectivity index (χ3n) is 4.95. The Morgan fingerprint density at radius 3 is 2.44 bits per heavy atom. The lowest BCUT2D eigenvalue weighted by atomic mass is 9.93. The first-order chi connectivity index (χ1) is 8.77. The fraction of sp³-hybridized carbons (Fsp3) is 1.00. The lowest BCUT2D eigenvalue weighted by Gasteiger charge is -2.30. The Balaban J connectivity index is 1.49. The molecule has 0 amide bonds. The fourth-order valence-electron chi connectivity index (χ4n) is 3.60. The summed E-state index contributed by atoms with van der Waals surface area (Å²) >= 11 is 0. The first-order valence-electron chi connectivity index (χ1n) is 7.84. The maximum Gasteiger partial charge on any atom is 0.0771 e. The zero-order valence-corrected chi connectivity index (χ0v) is 11.4. The number of hydrogen-bond donors (Lipinski definition) is 2. The molecule has 0 aromatic heterocycles. The Morgan fingerprint density at radius 2 is 1.78 bits per heavy atom. The lowest BCUT2D eigenvalue weighted by Crippen LogP contribution is -2.47. The van der Waals surface area contributed by atoms with Gasteiger partial charge in [-0.15, -0.1) is 0 Å². The monoisotopic (exact) mass is 253 g/mol. The zero-order valence-electron chi connectivity index (χ0n) is 11.4. The van der Waals surface area contributed by atoms with Gasteiger partial charge in [0.25, 0.3) is 0 Å². The fourth-order valence-corrected chi connectivity index (χ4v) is 3.60. The molecule has 2 atom stereocenters. The minimum Gasteiger partial charge on any atom is -0.389 e. The van der Waals surface area contributed by atoms with Crippen LogP contribution in [0.15, 0.2) is 0 Å². The molecule has 2 aliphatic carbocycles. The van der Waals surface area contributed by atoms with Gasteiger partial charge in [0.05, 0.1) is 11.7 Å². The summed E-state index contributed by atoms with van der Waals surface area (Å²) in [4.78, 5) is 0. The molecule has 3 fully saturated rings. The van der Waals surface area contributed by atoms with Crippen LogP contribution in [0.25, 0.3) is 0 Å². The van der Waals surface area contributed by atoms with Gasteiger partial charge in [0.2, 0.25) is 0 Å². The standard InChI is InChI=1S/C15H27NO2/c17-15(8-3-1-2-4-9-15)11-16-13-7-10-18-14(13)12-5-6-12/h12-14,16-17H,1-11H2. The Hall–Kier alpha value is -0.120. The normalized spacial score (nSPS) is 36.5. The van der Waals surface area contributed by atoms with E-state index in [9.17, 15) is 5.11 Å². The van der Waals surface area contributed by atoms with Crippen molar-refractivity contribution in [3.8, 4) is 0 Å². The Bertz CT molecular complexity index is 270. The molecule has 18 heavy (non-hydrogen) atoms. The van der Waals surface area contributed by atoms with Crippen molar-refractivity contribution in [3.05, 3.63) is 0 Å². The smallest absolute Gasteiger partial charge is 0.0771 e. The Morgan fingerprint density at radius 1 is 1.06 bits per heavy atom. The predicted molar refractivity (Wildman–Crippen MR) is 71.5 cm³/mol. The highest BCUT2D eigenvalue weighted by molar-refractivity contribution is 4.95. The van der Waals surface area contributed by atoms with Crippen LogP contribution in [0, 0.1) is 5.92 Å². The van der Waals surface area contributed by atoms with E-state index >= 15 is 0 Å². The van der Waals surface area contributed by atoms with Crippen LogP contribution in [-0.2, 0) is 4.74 Å². The van der Waals surface area contributed by atoms with E-state index in [1.54, 1.807) is 0 Å². The van der Waals surface area contributed by atoms with Crippen molar-refractivity contribution >= 4 is 0 Å². The van der Waals surface area contributed by atoms with Crippen LogP contribution in [0.2, 0.25) is 0 Å². The Labute approximate surface area is 110 Å². The Kier molecular flexibility index (Phi) is 3.92. The van der Waals surface area contributed by atoms with Gasteiger partial charge in [0, 0.05) is 19.2 Å². The van der Waals surface area contributed by atoms with Crippen LogP contribution in [0.3, 0.4) is 0 Å². The molecule has 0 bridgehead atoms. The average molecular weight is 253 g/mol. The van der Waals surface area contributed by atoms with Gasteiger partial charge in [-0.25, -0.2) is 0 Å². The summed E-state index contributed by atoms with van der Waals surface area (Å²) in [5.74, 6) is 0.800. The molecular weight excluding hydrogens is 226 g/mol. The summed E-state index contributed by atoms with van der Waals surface area (Å²) in [5.41, 5.74) is -0.451. The van der Waals surface area contributed by atoms with Gasteiger partial charge in [-0.05, 0) is 38.0 Å². The van der Waals surface area contributed by atoms with Gasteiger partial charge in [0.15, 0.2) is 0 Å². The topological polar surface area (TPSA) is 41.5 Å². The molecule has 1 heterocycles. The summed E-state index contributed by atoms with van der Waals surface area (Å²) < 4.78 is 5.84. The molecule has 3 rings (SSSR count). The molecule has 3 aliphatic rings. The number of ether oxygens (including phenoxy) is 1. The number of hydrogen-bond acceptors (Lipinski definition) is 3. The molecule has 2 N–H and O–H groups in total. The van der Waals surface area contributed by atoms with Gasteiger partial charge in [0.1, 0.15) is 0 Å². The highest BCUT2D eigenvalue weighted by atomic mass is 16.5. The SMILES string of the molecule is OC1(CNC2CCOC2C2CC2)CCCCCC1. The molecule has 1 aliphatic heterocycles. The molecule has 0 spiro atoms. The first-order valence-corrected chi connectivity index (χ1v) is 7.84. The molecule has 0 aromatic rings. The average Bonchev–Trinajstić information content (AvgIpc) is 3.14. The second-order valence-electron chi connectivity index (χ2n) is 6.59. The minimum absolute atomic E-state index is 0.430. The molecule has 3 heteroatoms. The van der Waals surface area contributed by atoms with Gasteiger partial charge in [-0.1, -0.05) is 25.7 Å².